The molecule has 2 heterocycles. The molecule has 2 aromatic carbocycles. The molecule has 1 atom stereocenters. The van der Waals surface area contributed by atoms with Crippen molar-refractivity contribution in [1.82, 2.24) is 10.3 Å². The number of hydrogen-bond acceptors (Lipinski definition) is 5. The second-order valence-electron chi connectivity index (χ2n) is 6.61. The lowest BCUT2D eigenvalue weighted by Gasteiger charge is -2.27. The molecule has 5 nitrogen and oxygen atoms in total. The first-order chi connectivity index (χ1) is 13.1. The Morgan fingerprint density at radius 2 is 1.96 bits per heavy atom. The van der Waals surface area contributed by atoms with E-state index in [0.29, 0.717) is 5.56 Å². The molecule has 1 aliphatic rings. The SMILES string of the molecule is CCC(C)(NC(=O)c1ccccc1)c1nc(-c2ccc3c(c2)OCO3)cs1. The van der Waals surface area contributed by atoms with Crippen LogP contribution in [0.2, 0.25) is 0 Å². The Bertz CT molecular complexity index is 971. The minimum absolute atomic E-state index is 0.0974. The van der Waals surface area contributed by atoms with Crippen LogP contribution in [0.3, 0.4) is 0 Å². The van der Waals surface area contributed by atoms with Crippen LogP contribution in [-0.4, -0.2) is 17.7 Å². The van der Waals surface area contributed by atoms with Gasteiger partial charge < -0.3 is 14.8 Å². The summed E-state index contributed by atoms with van der Waals surface area (Å²) in [5.74, 6) is 1.39. The quantitative estimate of drug-likeness (QED) is 0.703. The van der Waals surface area contributed by atoms with Gasteiger partial charge in [-0.1, -0.05) is 25.1 Å². The molecule has 0 aliphatic carbocycles. The van der Waals surface area contributed by atoms with Crippen LogP contribution in [-0.2, 0) is 5.54 Å². The van der Waals surface area contributed by atoms with Gasteiger partial charge in [-0.3, -0.25) is 4.79 Å². The zero-order chi connectivity index (χ0) is 18.9. The number of thiazole rings is 1. The summed E-state index contributed by atoms with van der Waals surface area (Å²) in [5.41, 5.74) is 1.94. The molecular weight excluding hydrogens is 360 g/mol. The predicted octanol–water partition coefficient (Wildman–Crippen LogP) is 4.59. The summed E-state index contributed by atoms with van der Waals surface area (Å²) in [4.78, 5) is 17.4. The van der Waals surface area contributed by atoms with E-state index in [4.69, 9.17) is 14.5 Å². The van der Waals surface area contributed by atoms with Crippen molar-refractivity contribution < 1.29 is 14.3 Å². The smallest absolute Gasteiger partial charge is 0.252 e. The molecular formula is C21H20N2O3S. The highest BCUT2D eigenvalue weighted by atomic mass is 32.1. The van der Waals surface area contributed by atoms with Crippen LogP contribution in [0.5, 0.6) is 11.5 Å². The normalized spacial score (nSPS) is 14.6. The van der Waals surface area contributed by atoms with E-state index in [1.807, 2.05) is 67.8 Å². The Balaban J connectivity index is 1.59. The van der Waals surface area contributed by atoms with E-state index in [1.165, 1.54) is 0 Å². The van der Waals surface area contributed by atoms with Crippen molar-refractivity contribution in [1.29, 1.82) is 0 Å². The van der Waals surface area contributed by atoms with Crippen molar-refractivity contribution in [2.24, 2.45) is 0 Å². The van der Waals surface area contributed by atoms with E-state index < -0.39 is 5.54 Å². The maximum Gasteiger partial charge on any atom is 0.252 e. The van der Waals surface area contributed by atoms with E-state index in [-0.39, 0.29) is 12.7 Å². The molecule has 1 N–H and O–H groups in total. The molecule has 0 saturated carbocycles. The van der Waals surface area contributed by atoms with Gasteiger partial charge >= 0.3 is 0 Å². The number of ether oxygens (including phenoxy) is 2. The molecule has 1 aromatic heterocycles. The van der Waals surface area contributed by atoms with Gasteiger partial charge in [0.2, 0.25) is 6.79 Å². The lowest BCUT2D eigenvalue weighted by molar-refractivity contribution is 0.0902. The van der Waals surface area contributed by atoms with Crippen LogP contribution in [0.15, 0.2) is 53.9 Å². The van der Waals surface area contributed by atoms with Crippen LogP contribution >= 0.6 is 11.3 Å². The van der Waals surface area contributed by atoms with Gasteiger partial charge in [0.25, 0.3) is 5.91 Å². The zero-order valence-electron chi connectivity index (χ0n) is 15.2. The van der Waals surface area contributed by atoms with Gasteiger partial charge in [-0.15, -0.1) is 11.3 Å². The Labute approximate surface area is 162 Å². The number of carbonyl (C=O) groups is 1. The highest BCUT2D eigenvalue weighted by molar-refractivity contribution is 7.10. The lowest BCUT2D eigenvalue weighted by atomic mass is 9.99. The fourth-order valence-corrected chi connectivity index (χ4v) is 3.94. The van der Waals surface area contributed by atoms with E-state index in [2.05, 4.69) is 5.32 Å². The monoisotopic (exact) mass is 380 g/mol. The van der Waals surface area contributed by atoms with Crippen LogP contribution in [0, 0.1) is 0 Å². The highest BCUT2D eigenvalue weighted by Gasteiger charge is 2.30. The number of benzene rings is 2. The van der Waals surface area contributed by atoms with Gasteiger partial charge in [-0.05, 0) is 43.7 Å². The summed E-state index contributed by atoms with van der Waals surface area (Å²) in [5, 5.41) is 6.03. The maximum atomic E-state index is 12.6. The van der Waals surface area contributed by atoms with Gasteiger partial charge in [0.05, 0.1) is 11.2 Å². The molecule has 0 saturated heterocycles. The van der Waals surface area contributed by atoms with Gasteiger partial charge in [-0.25, -0.2) is 4.98 Å². The van der Waals surface area contributed by atoms with E-state index >= 15 is 0 Å². The van der Waals surface area contributed by atoms with Gasteiger partial charge in [0, 0.05) is 16.5 Å². The van der Waals surface area contributed by atoms with E-state index in [9.17, 15) is 4.79 Å². The third-order valence-electron chi connectivity index (χ3n) is 4.78. The van der Waals surface area contributed by atoms with Crippen molar-refractivity contribution in [2.45, 2.75) is 25.8 Å². The molecule has 0 radical (unpaired) electrons. The van der Waals surface area contributed by atoms with Crippen molar-refractivity contribution >= 4 is 17.2 Å². The summed E-state index contributed by atoms with van der Waals surface area (Å²) in [6.45, 7) is 4.31. The number of carbonyl (C=O) groups excluding carboxylic acids is 1. The summed E-state index contributed by atoms with van der Waals surface area (Å²) in [7, 11) is 0. The number of nitrogens with zero attached hydrogens (tertiary/aromatic N) is 1. The van der Waals surface area contributed by atoms with E-state index in [0.717, 1.165) is 34.2 Å². The molecule has 138 valence electrons. The molecule has 1 unspecified atom stereocenters. The minimum atomic E-state index is -0.536. The first-order valence-corrected chi connectivity index (χ1v) is 9.70. The van der Waals surface area contributed by atoms with Crippen LogP contribution in [0.25, 0.3) is 11.3 Å². The molecule has 1 amide bonds. The van der Waals surface area contributed by atoms with Crippen molar-refractivity contribution in [3.63, 3.8) is 0 Å². The molecule has 4 rings (SSSR count). The van der Waals surface area contributed by atoms with Crippen molar-refractivity contribution in [3.05, 3.63) is 64.5 Å². The van der Waals surface area contributed by atoms with Crippen molar-refractivity contribution in [2.75, 3.05) is 6.79 Å². The molecule has 3 aromatic rings. The van der Waals surface area contributed by atoms with Gasteiger partial charge in [-0.2, -0.15) is 0 Å². The van der Waals surface area contributed by atoms with Crippen molar-refractivity contribution in [3.8, 4) is 22.8 Å². The lowest BCUT2D eigenvalue weighted by Crippen LogP contribution is -2.43. The summed E-state index contributed by atoms with van der Waals surface area (Å²) < 4.78 is 10.8. The summed E-state index contributed by atoms with van der Waals surface area (Å²) in [6, 6.07) is 15.0. The Morgan fingerprint density at radius 1 is 1.19 bits per heavy atom. The Hall–Kier alpha value is -2.86. The first-order valence-electron chi connectivity index (χ1n) is 8.82. The first kappa shape index (κ1) is 17.5. The third kappa shape index (κ3) is 3.40. The molecule has 0 bridgehead atoms. The zero-order valence-corrected chi connectivity index (χ0v) is 16.0. The number of aromatic nitrogens is 1. The molecule has 0 fully saturated rings. The second kappa shape index (κ2) is 7.04. The Morgan fingerprint density at radius 3 is 2.74 bits per heavy atom. The average molecular weight is 380 g/mol. The molecule has 1 aliphatic heterocycles. The van der Waals surface area contributed by atoms with E-state index in [1.54, 1.807) is 11.3 Å². The summed E-state index contributed by atoms with van der Waals surface area (Å²) in [6.07, 6.45) is 0.736. The number of nitrogens with one attached hydrogen (secondary N) is 1. The fraction of sp³-hybridized carbons (Fsp3) is 0.238. The van der Waals surface area contributed by atoms with Crippen LogP contribution in [0.1, 0.15) is 35.6 Å². The van der Waals surface area contributed by atoms with Crippen LogP contribution < -0.4 is 14.8 Å². The minimum Gasteiger partial charge on any atom is -0.454 e. The standard InChI is InChI=1S/C21H20N2O3S/c1-3-21(2,23-19(24)14-7-5-4-6-8-14)20-22-16(12-27-20)15-9-10-17-18(11-15)26-13-25-17/h4-12H,3,13H2,1-2H3,(H,23,24). The number of hydrogen-bond donors (Lipinski definition) is 1. The van der Waals surface area contributed by atoms with Gasteiger partial charge in [0.1, 0.15) is 5.01 Å². The summed E-state index contributed by atoms with van der Waals surface area (Å²) >= 11 is 1.55. The number of rotatable bonds is 5. The van der Waals surface area contributed by atoms with Gasteiger partial charge in [0.15, 0.2) is 11.5 Å². The molecule has 27 heavy (non-hydrogen) atoms. The topological polar surface area (TPSA) is 60.5 Å². The molecule has 6 heteroatoms. The maximum absolute atomic E-state index is 12.6. The largest absolute Gasteiger partial charge is 0.454 e. The number of amides is 1. The average Bonchev–Trinajstić information content (AvgIpc) is 3.37. The predicted molar refractivity (Wildman–Crippen MR) is 105 cm³/mol. The second-order valence-corrected chi connectivity index (χ2v) is 7.47. The molecule has 0 spiro atoms. The fourth-order valence-electron chi connectivity index (χ4n) is 2.92. The Kier molecular flexibility index (Phi) is 4.58. The highest BCUT2D eigenvalue weighted by Crippen LogP contribution is 2.37. The van der Waals surface area contributed by atoms with Crippen LogP contribution in [0.4, 0.5) is 0 Å². The third-order valence-corrected chi connectivity index (χ3v) is 5.88. The number of fused-ring (bicyclic) bond motifs is 1.